The smallest absolute Gasteiger partial charge is 0.0708 e. The molecule has 1 aromatic carbocycles. The van der Waals surface area contributed by atoms with E-state index in [4.69, 9.17) is 4.74 Å². The van der Waals surface area contributed by atoms with E-state index >= 15 is 0 Å². The third-order valence-corrected chi connectivity index (χ3v) is 4.08. The molecule has 22 heavy (non-hydrogen) atoms. The predicted molar refractivity (Wildman–Crippen MR) is 95.2 cm³/mol. The molecular formula is C20H27NO. The van der Waals surface area contributed by atoms with Crippen LogP contribution < -0.4 is 0 Å². The van der Waals surface area contributed by atoms with Gasteiger partial charge in [-0.05, 0) is 67.2 Å². The molecule has 0 atom stereocenters. The summed E-state index contributed by atoms with van der Waals surface area (Å²) in [6, 6.07) is 8.88. The molecule has 3 rings (SSSR count). The van der Waals surface area contributed by atoms with E-state index in [1.807, 2.05) is 13.8 Å². The normalized spacial score (nSPS) is 14.8. The minimum Gasteiger partial charge on any atom is -0.377 e. The quantitative estimate of drug-likeness (QED) is 0.748. The summed E-state index contributed by atoms with van der Waals surface area (Å²) in [5.41, 5.74) is 7.73. The SMILES string of the molecule is CC.CCc1cc(C)nc2ccc(C3=C(C)COCC3)cc12. The van der Waals surface area contributed by atoms with Crippen LogP contribution >= 0.6 is 0 Å². The Morgan fingerprint density at radius 1 is 1.14 bits per heavy atom. The highest BCUT2D eigenvalue weighted by Gasteiger charge is 2.13. The Morgan fingerprint density at radius 2 is 1.91 bits per heavy atom. The minimum absolute atomic E-state index is 0.764. The van der Waals surface area contributed by atoms with Gasteiger partial charge in [-0.1, -0.05) is 26.8 Å². The van der Waals surface area contributed by atoms with Gasteiger partial charge in [0.25, 0.3) is 0 Å². The van der Waals surface area contributed by atoms with Crippen molar-refractivity contribution in [3.8, 4) is 0 Å². The number of hydrogen-bond donors (Lipinski definition) is 0. The van der Waals surface area contributed by atoms with Crippen molar-refractivity contribution in [1.82, 2.24) is 4.98 Å². The second-order valence-electron chi connectivity index (χ2n) is 5.57. The molecule has 2 heterocycles. The fraction of sp³-hybridized carbons (Fsp3) is 0.450. The van der Waals surface area contributed by atoms with Crippen LogP contribution in [0.4, 0.5) is 0 Å². The fourth-order valence-electron chi connectivity index (χ4n) is 3.01. The number of hydrogen-bond acceptors (Lipinski definition) is 2. The lowest BCUT2D eigenvalue weighted by atomic mass is 9.94. The molecule has 1 aliphatic heterocycles. The lowest BCUT2D eigenvalue weighted by molar-refractivity contribution is 0.154. The predicted octanol–water partition coefficient (Wildman–Crippen LogP) is 5.33. The largest absolute Gasteiger partial charge is 0.377 e. The molecule has 0 radical (unpaired) electrons. The van der Waals surface area contributed by atoms with Crippen molar-refractivity contribution in [2.24, 2.45) is 0 Å². The van der Waals surface area contributed by atoms with Gasteiger partial charge in [-0.15, -0.1) is 0 Å². The molecule has 1 aliphatic rings. The summed E-state index contributed by atoms with van der Waals surface area (Å²) >= 11 is 0. The first-order chi connectivity index (χ1) is 10.7. The van der Waals surface area contributed by atoms with Crippen molar-refractivity contribution in [3.63, 3.8) is 0 Å². The zero-order valence-electron chi connectivity index (χ0n) is 14.5. The Hall–Kier alpha value is -1.67. The van der Waals surface area contributed by atoms with E-state index in [0.717, 1.165) is 37.3 Å². The van der Waals surface area contributed by atoms with Gasteiger partial charge in [-0.3, -0.25) is 4.98 Å². The highest BCUT2D eigenvalue weighted by molar-refractivity contribution is 5.87. The van der Waals surface area contributed by atoms with Gasteiger partial charge in [0, 0.05) is 11.1 Å². The molecule has 118 valence electrons. The van der Waals surface area contributed by atoms with Crippen molar-refractivity contribution in [1.29, 1.82) is 0 Å². The molecular weight excluding hydrogens is 270 g/mol. The molecule has 0 N–H and O–H groups in total. The lowest BCUT2D eigenvalue weighted by Gasteiger charge is -2.19. The van der Waals surface area contributed by atoms with Gasteiger partial charge >= 0.3 is 0 Å². The van der Waals surface area contributed by atoms with Crippen LogP contribution in [0.25, 0.3) is 16.5 Å². The maximum atomic E-state index is 5.51. The number of nitrogens with zero attached hydrogens (tertiary/aromatic N) is 1. The first-order valence-corrected chi connectivity index (χ1v) is 8.36. The van der Waals surface area contributed by atoms with Crippen LogP contribution in [0.5, 0.6) is 0 Å². The molecule has 0 saturated carbocycles. The summed E-state index contributed by atoms with van der Waals surface area (Å²) < 4.78 is 5.51. The van der Waals surface area contributed by atoms with Gasteiger partial charge in [-0.25, -0.2) is 0 Å². The Morgan fingerprint density at radius 3 is 2.59 bits per heavy atom. The maximum Gasteiger partial charge on any atom is 0.0708 e. The van der Waals surface area contributed by atoms with E-state index in [-0.39, 0.29) is 0 Å². The number of aryl methyl sites for hydroxylation is 2. The van der Waals surface area contributed by atoms with E-state index in [1.165, 1.54) is 27.7 Å². The Kier molecular flexibility index (Phi) is 5.73. The second-order valence-corrected chi connectivity index (χ2v) is 5.57. The Balaban J connectivity index is 0.000000847. The molecule has 0 spiro atoms. The standard InChI is InChI=1S/C18H21NO.C2H6/c1-4-14-9-13(3)19-18-6-5-15(10-17(14)18)16-7-8-20-11-12(16)2;1-2/h5-6,9-10H,4,7-8,11H2,1-3H3;1-2H3. The molecule has 0 fully saturated rings. The van der Waals surface area contributed by atoms with Crippen LogP contribution in [-0.4, -0.2) is 18.2 Å². The molecule has 0 aliphatic carbocycles. The number of ether oxygens (including phenoxy) is 1. The summed E-state index contributed by atoms with van der Waals surface area (Å²) in [7, 11) is 0. The number of rotatable bonds is 2. The summed E-state index contributed by atoms with van der Waals surface area (Å²) in [5.74, 6) is 0. The molecule has 0 bridgehead atoms. The number of benzene rings is 1. The van der Waals surface area contributed by atoms with Gasteiger partial charge in [0.2, 0.25) is 0 Å². The van der Waals surface area contributed by atoms with Crippen LogP contribution in [0, 0.1) is 6.92 Å². The second kappa shape index (κ2) is 7.55. The highest BCUT2D eigenvalue weighted by atomic mass is 16.5. The minimum atomic E-state index is 0.764. The van der Waals surface area contributed by atoms with Gasteiger partial charge in [-0.2, -0.15) is 0 Å². The van der Waals surface area contributed by atoms with Crippen LogP contribution in [0.15, 0.2) is 29.8 Å². The van der Waals surface area contributed by atoms with Crippen molar-refractivity contribution >= 4 is 16.5 Å². The maximum absolute atomic E-state index is 5.51. The fourth-order valence-corrected chi connectivity index (χ4v) is 3.01. The van der Waals surface area contributed by atoms with Gasteiger partial charge < -0.3 is 4.74 Å². The average Bonchev–Trinajstić information content (AvgIpc) is 2.56. The van der Waals surface area contributed by atoms with Crippen LogP contribution in [0.1, 0.15) is 50.9 Å². The first kappa shape index (κ1) is 16.7. The molecule has 2 aromatic rings. The topological polar surface area (TPSA) is 22.1 Å². The van der Waals surface area contributed by atoms with Gasteiger partial charge in [0.05, 0.1) is 18.7 Å². The molecule has 0 unspecified atom stereocenters. The average molecular weight is 297 g/mol. The van der Waals surface area contributed by atoms with Gasteiger partial charge in [0.15, 0.2) is 0 Å². The summed E-state index contributed by atoms with van der Waals surface area (Å²) in [6.45, 7) is 12.0. The summed E-state index contributed by atoms with van der Waals surface area (Å²) in [5, 5.41) is 1.29. The van der Waals surface area contributed by atoms with E-state index in [0.29, 0.717) is 0 Å². The zero-order chi connectivity index (χ0) is 16.1. The summed E-state index contributed by atoms with van der Waals surface area (Å²) in [4.78, 5) is 4.65. The molecule has 0 amide bonds. The Labute approximate surface area is 134 Å². The molecule has 2 nitrogen and oxygen atoms in total. The van der Waals surface area contributed by atoms with Crippen LogP contribution in [0.3, 0.4) is 0 Å². The first-order valence-electron chi connectivity index (χ1n) is 8.36. The van der Waals surface area contributed by atoms with Crippen molar-refractivity contribution in [3.05, 3.63) is 46.7 Å². The molecule has 0 saturated heterocycles. The molecule has 1 aromatic heterocycles. The van der Waals surface area contributed by atoms with E-state index < -0.39 is 0 Å². The highest BCUT2D eigenvalue weighted by Crippen LogP contribution is 2.29. The third-order valence-electron chi connectivity index (χ3n) is 4.08. The zero-order valence-corrected chi connectivity index (χ0v) is 14.5. The third kappa shape index (κ3) is 3.38. The van der Waals surface area contributed by atoms with Crippen molar-refractivity contribution < 1.29 is 4.74 Å². The van der Waals surface area contributed by atoms with Crippen molar-refractivity contribution in [2.75, 3.05) is 13.2 Å². The number of aromatic nitrogens is 1. The lowest BCUT2D eigenvalue weighted by Crippen LogP contribution is -2.08. The van der Waals surface area contributed by atoms with E-state index in [2.05, 4.69) is 50.0 Å². The van der Waals surface area contributed by atoms with Crippen LogP contribution in [0.2, 0.25) is 0 Å². The van der Waals surface area contributed by atoms with E-state index in [9.17, 15) is 0 Å². The number of fused-ring (bicyclic) bond motifs is 1. The van der Waals surface area contributed by atoms with Gasteiger partial charge in [0.1, 0.15) is 0 Å². The van der Waals surface area contributed by atoms with Crippen molar-refractivity contribution in [2.45, 2.75) is 47.5 Å². The monoisotopic (exact) mass is 297 g/mol. The van der Waals surface area contributed by atoms with Crippen LogP contribution in [-0.2, 0) is 11.2 Å². The van der Waals surface area contributed by atoms with E-state index in [1.54, 1.807) is 0 Å². The molecule has 2 heteroatoms. The summed E-state index contributed by atoms with van der Waals surface area (Å²) in [6.07, 6.45) is 2.06. The number of pyridine rings is 1. The Bertz CT molecular complexity index is 685.